The van der Waals surface area contributed by atoms with E-state index in [1.54, 1.807) is 10.9 Å². The molecule has 7 nitrogen and oxygen atoms in total. The van der Waals surface area contributed by atoms with Crippen LogP contribution in [0, 0.1) is 18.3 Å². The second kappa shape index (κ2) is 10.8. The quantitative estimate of drug-likeness (QED) is 0.393. The molecule has 176 valence electrons. The lowest BCUT2D eigenvalue weighted by Gasteiger charge is -2.21. The molecule has 0 bridgehead atoms. The van der Waals surface area contributed by atoms with Gasteiger partial charge in [-0.3, -0.25) is 9.48 Å². The molecule has 7 heteroatoms. The summed E-state index contributed by atoms with van der Waals surface area (Å²) in [5.74, 6) is 0.480. The number of anilines is 1. The molecule has 0 aliphatic carbocycles. The van der Waals surface area contributed by atoms with Crippen LogP contribution in [0.4, 0.5) is 5.82 Å². The average Bonchev–Trinajstić information content (AvgIpc) is 3.30. The maximum absolute atomic E-state index is 13.4. The van der Waals surface area contributed by atoms with Crippen LogP contribution in [0.15, 0.2) is 79.1 Å². The SMILES string of the molecule is Cc1nc(NC(=O)C(NC[C@H](C)c2ccc(C#N)cc2)c2ccccc2)ccc1-c1cnn(C)c1. The van der Waals surface area contributed by atoms with E-state index in [-0.39, 0.29) is 11.8 Å². The van der Waals surface area contributed by atoms with Gasteiger partial charge in [0.2, 0.25) is 5.91 Å². The third kappa shape index (κ3) is 5.81. The molecule has 2 N–H and O–H groups in total. The molecule has 2 aromatic carbocycles. The minimum Gasteiger partial charge on any atom is -0.309 e. The number of pyridine rings is 1. The van der Waals surface area contributed by atoms with Crippen LogP contribution in [0.3, 0.4) is 0 Å². The van der Waals surface area contributed by atoms with Crippen LogP contribution in [-0.4, -0.2) is 27.2 Å². The Bertz CT molecular complexity index is 1340. The zero-order valence-corrected chi connectivity index (χ0v) is 20.1. The number of carbonyl (C=O) groups excluding carboxylic acids is 1. The topological polar surface area (TPSA) is 95.6 Å². The summed E-state index contributed by atoms with van der Waals surface area (Å²) in [7, 11) is 1.87. The van der Waals surface area contributed by atoms with E-state index in [1.165, 1.54) is 0 Å². The molecule has 0 aliphatic heterocycles. The van der Waals surface area contributed by atoms with Crippen LogP contribution in [0.2, 0.25) is 0 Å². The molecule has 0 saturated carbocycles. The van der Waals surface area contributed by atoms with Crippen molar-refractivity contribution in [2.45, 2.75) is 25.8 Å². The first kappa shape index (κ1) is 23.9. The molecule has 0 fully saturated rings. The average molecular weight is 465 g/mol. The predicted octanol–water partition coefficient (Wildman–Crippen LogP) is 4.74. The monoisotopic (exact) mass is 464 g/mol. The maximum Gasteiger partial charge on any atom is 0.247 e. The van der Waals surface area contributed by atoms with Gasteiger partial charge in [-0.1, -0.05) is 49.4 Å². The number of nitrogens with zero attached hydrogens (tertiary/aromatic N) is 4. The first-order chi connectivity index (χ1) is 16.9. The fourth-order valence-electron chi connectivity index (χ4n) is 4.00. The van der Waals surface area contributed by atoms with Crippen molar-refractivity contribution in [2.75, 3.05) is 11.9 Å². The van der Waals surface area contributed by atoms with Crippen molar-refractivity contribution in [1.82, 2.24) is 20.1 Å². The van der Waals surface area contributed by atoms with Gasteiger partial charge < -0.3 is 10.6 Å². The van der Waals surface area contributed by atoms with Gasteiger partial charge in [-0.2, -0.15) is 10.4 Å². The lowest BCUT2D eigenvalue weighted by atomic mass is 9.98. The van der Waals surface area contributed by atoms with Crippen LogP contribution < -0.4 is 10.6 Å². The minimum absolute atomic E-state index is 0.154. The molecule has 35 heavy (non-hydrogen) atoms. The molecule has 2 atom stereocenters. The number of nitrogens with one attached hydrogen (secondary N) is 2. The van der Waals surface area contributed by atoms with E-state index in [0.29, 0.717) is 17.9 Å². The first-order valence-electron chi connectivity index (χ1n) is 11.5. The van der Waals surface area contributed by atoms with E-state index in [1.807, 2.05) is 86.9 Å². The molecule has 2 aromatic heterocycles. The fraction of sp³-hybridized carbons (Fsp3) is 0.214. The Labute approximate surface area is 205 Å². The Kier molecular flexibility index (Phi) is 7.34. The van der Waals surface area contributed by atoms with Gasteiger partial charge in [-0.15, -0.1) is 0 Å². The van der Waals surface area contributed by atoms with Crippen molar-refractivity contribution in [3.8, 4) is 17.2 Å². The third-order valence-corrected chi connectivity index (χ3v) is 5.99. The Morgan fingerprint density at radius 1 is 1.06 bits per heavy atom. The van der Waals surface area contributed by atoms with Gasteiger partial charge in [0, 0.05) is 36.6 Å². The number of benzene rings is 2. The molecular weight excluding hydrogens is 436 g/mol. The van der Waals surface area contributed by atoms with Crippen molar-refractivity contribution in [3.05, 3.63) is 102 Å². The number of amides is 1. The highest BCUT2D eigenvalue weighted by molar-refractivity contribution is 5.95. The number of hydrogen-bond donors (Lipinski definition) is 2. The van der Waals surface area contributed by atoms with Crippen molar-refractivity contribution in [2.24, 2.45) is 7.05 Å². The zero-order valence-electron chi connectivity index (χ0n) is 20.1. The summed E-state index contributed by atoms with van der Waals surface area (Å²) in [5.41, 5.74) is 5.39. The highest BCUT2D eigenvalue weighted by Gasteiger charge is 2.22. The molecular formula is C28H28N6O. The summed E-state index contributed by atoms with van der Waals surface area (Å²) in [6.45, 7) is 4.60. The van der Waals surface area contributed by atoms with E-state index in [9.17, 15) is 4.79 Å². The number of aryl methyl sites for hydroxylation is 2. The number of carbonyl (C=O) groups is 1. The van der Waals surface area contributed by atoms with Crippen molar-refractivity contribution >= 4 is 11.7 Å². The van der Waals surface area contributed by atoms with Crippen LogP contribution >= 0.6 is 0 Å². The summed E-state index contributed by atoms with van der Waals surface area (Å²) in [6, 6.07) is 22.6. The van der Waals surface area contributed by atoms with Gasteiger partial charge in [0.25, 0.3) is 0 Å². The number of nitriles is 1. The molecule has 4 aromatic rings. The van der Waals surface area contributed by atoms with Crippen molar-refractivity contribution in [1.29, 1.82) is 5.26 Å². The highest BCUT2D eigenvalue weighted by Crippen LogP contribution is 2.24. The van der Waals surface area contributed by atoms with E-state index in [4.69, 9.17) is 5.26 Å². The second-order valence-electron chi connectivity index (χ2n) is 8.61. The van der Waals surface area contributed by atoms with E-state index in [2.05, 4.69) is 33.7 Å². The number of hydrogen-bond acceptors (Lipinski definition) is 5. The highest BCUT2D eigenvalue weighted by atomic mass is 16.2. The van der Waals surface area contributed by atoms with Gasteiger partial charge in [-0.25, -0.2) is 4.98 Å². The standard InChI is InChI=1S/C28H28N6O/c1-19(22-11-9-21(15-29)10-12-22)16-30-27(23-7-5-4-6-8-23)28(35)33-26-14-13-25(20(2)32-26)24-17-31-34(3)18-24/h4-14,17-19,27,30H,16H2,1-3H3,(H,32,33,35)/t19-,27?/m0/s1. The summed E-state index contributed by atoms with van der Waals surface area (Å²) in [6.07, 6.45) is 3.74. The second-order valence-corrected chi connectivity index (χ2v) is 8.61. The summed E-state index contributed by atoms with van der Waals surface area (Å²) in [4.78, 5) is 18.0. The molecule has 4 rings (SSSR count). The van der Waals surface area contributed by atoms with Crippen LogP contribution in [0.5, 0.6) is 0 Å². The summed E-state index contributed by atoms with van der Waals surface area (Å²) < 4.78 is 1.75. The maximum atomic E-state index is 13.4. The number of rotatable bonds is 8. The van der Waals surface area contributed by atoms with Gasteiger partial charge >= 0.3 is 0 Å². The van der Waals surface area contributed by atoms with Gasteiger partial charge in [0.05, 0.1) is 17.8 Å². The molecule has 2 heterocycles. The van der Waals surface area contributed by atoms with Crippen LogP contribution in [0.25, 0.3) is 11.1 Å². The minimum atomic E-state index is -0.544. The summed E-state index contributed by atoms with van der Waals surface area (Å²) in [5, 5.41) is 19.6. The molecule has 0 saturated heterocycles. The van der Waals surface area contributed by atoms with Crippen molar-refractivity contribution in [3.63, 3.8) is 0 Å². The molecule has 0 aliphatic rings. The van der Waals surface area contributed by atoms with Gasteiger partial charge in [0.1, 0.15) is 11.9 Å². The molecule has 0 radical (unpaired) electrons. The van der Waals surface area contributed by atoms with E-state index < -0.39 is 6.04 Å². The molecule has 1 amide bonds. The third-order valence-electron chi connectivity index (χ3n) is 5.99. The van der Waals surface area contributed by atoms with Crippen LogP contribution in [0.1, 0.15) is 41.3 Å². The van der Waals surface area contributed by atoms with E-state index >= 15 is 0 Å². The molecule has 1 unspecified atom stereocenters. The van der Waals surface area contributed by atoms with Gasteiger partial charge in [-0.05, 0) is 48.2 Å². The molecule has 0 spiro atoms. The fourth-order valence-corrected chi connectivity index (χ4v) is 4.00. The van der Waals surface area contributed by atoms with E-state index in [0.717, 1.165) is 27.9 Å². The van der Waals surface area contributed by atoms with Gasteiger partial charge in [0.15, 0.2) is 0 Å². The van der Waals surface area contributed by atoms with Crippen molar-refractivity contribution < 1.29 is 4.79 Å². The zero-order chi connectivity index (χ0) is 24.8. The predicted molar refractivity (Wildman–Crippen MR) is 137 cm³/mol. The Morgan fingerprint density at radius 2 is 1.80 bits per heavy atom. The smallest absolute Gasteiger partial charge is 0.247 e. The largest absolute Gasteiger partial charge is 0.309 e. The summed E-state index contributed by atoms with van der Waals surface area (Å²) >= 11 is 0. The Balaban J connectivity index is 1.49. The lowest BCUT2D eigenvalue weighted by molar-refractivity contribution is -0.118. The first-order valence-corrected chi connectivity index (χ1v) is 11.5. The normalized spacial score (nSPS) is 12.5. The van der Waals surface area contributed by atoms with Crippen LogP contribution in [-0.2, 0) is 11.8 Å². The Morgan fingerprint density at radius 3 is 2.43 bits per heavy atom. The lowest BCUT2D eigenvalue weighted by Crippen LogP contribution is -2.35. The number of aromatic nitrogens is 3. The Hall–Kier alpha value is -4.28.